The lowest BCUT2D eigenvalue weighted by Gasteiger charge is -2.05. The molecule has 2 aromatic rings. The molecule has 78 valence electrons. The third-order valence-electron chi connectivity index (χ3n) is 2.12. The minimum absolute atomic E-state index is 0.218. The van der Waals surface area contributed by atoms with Crippen LogP contribution in [-0.2, 0) is 6.54 Å². The number of halogens is 1. The summed E-state index contributed by atoms with van der Waals surface area (Å²) in [7, 11) is 0. The molecule has 0 atom stereocenters. The molecule has 1 heterocycles. The highest BCUT2D eigenvalue weighted by Gasteiger charge is 1.98. The fourth-order valence-corrected chi connectivity index (χ4v) is 1.44. The summed E-state index contributed by atoms with van der Waals surface area (Å²) in [6.07, 6.45) is 3.28. The molecule has 0 bridgehead atoms. The van der Waals surface area contributed by atoms with Crippen molar-refractivity contribution in [2.24, 2.45) is 0 Å². The zero-order valence-corrected chi connectivity index (χ0v) is 8.46. The molecule has 0 fully saturated rings. The van der Waals surface area contributed by atoms with E-state index in [1.54, 1.807) is 12.5 Å². The maximum absolute atomic E-state index is 13.0. The monoisotopic (exact) mass is 205 g/mol. The molecule has 1 aromatic heterocycles. The maximum atomic E-state index is 13.0. The number of hydrogen-bond acceptors (Lipinski definition) is 2. The summed E-state index contributed by atoms with van der Waals surface area (Å²) in [5.41, 5.74) is 2.73. The lowest BCUT2D eigenvalue weighted by Crippen LogP contribution is -1.98. The fourth-order valence-electron chi connectivity index (χ4n) is 1.44. The van der Waals surface area contributed by atoms with E-state index in [9.17, 15) is 4.39 Å². The van der Waals surface area contributed by atoms with Gasteiger partial charge in [-0.1, -0.05) is 0 Å². The number of hydrogen-bond donors (Lipinski definition) is 1. The summed E-state index contributed by atoms with van der Waals surface area (Å²) in [6.45, 7) is 2.51. The van der Waals surface area contributed by atoms with Gasteiger partial charge >= 0.3 is 0 Å². The van der Waals surface area contributed by atoms with E-state index < -0.39 is 0 Å². The van der Waals surface area contributed by atoms with Gasteiger partial charge in [-0.2, -0.15) is 0 Å². The van der Waals surface area contributed by atoms with Crippen molar-refractivity contribution in [1.82, 2.24) is 0 Å². The van der Waals surface area contributed by atoms with Gasteiger partial charge in [0.1, 0.15) is 5.82 Å². The molecule has 15 heavy (non-hydrogen) atoms. The highest BCUT2D eigenvalue weighted by molar-refractivity contribution is 5.46. The van der Waals surface area contributed by atoms with Gasteiger partial charge in [0.2, 0.25) is 0 Å². The summed E-state index contributed by atoms with van der Waals surface area (Å²) < 4.78 is 18.0. The number of anilines is 1. The first kappa shape index (κ1) is 9.77. The van der Waals surface area contributed by atoms with Crippen molar-refractivity contribution in [3.8, 4) is 0 Å². The second-order valence-electron chi connectivity index (χ2n) is 3.50. The smallest absolute Gasteiger partial charge is 0.125 e. The van der Waals surface area contributed by atoms with Crippen molar-refractivity contribution >= 4 is 5.69 Å². The average Bonchev–Trinajstić information content (AvgIpc) is 2.65. The van der Waals surface area contributed by atoms with Crippen LogP contribution >= 0.6 is 0 Å². The Kier molecular flexibility index (Phi) is 2.72. The van der Waals surface area contributed by atoms with Crippen LogP contribution in [0.4, 0.5) is 10.1 Å². The van der Waals surface area contributed by atoms with E-state index in [-0.39, 0.29) is 5.82 Å². The fraction of sp³-hybridized carbons (Fsp3) is 0.167. The molecule has 0 amide bonds. The first-order valence-electron chi connectivity index (χ1n) is 4.76. The van der Waals surface area contributed by atoms with Gasteiger partial charge in [0, 0.05) is 17.8 Å². The van der Waals surface area contributed by atoms with Gasteiger partial charge in [-0.15, -0.1) is 0 Å². The number of aryl methyl sites for hydroxylation is 1. The zero-order chi connectivity index (χ0) is 10.7. The van der Waals surface area contributed by atoms with Gasteiger partial charge in [0.15, 0.2) is 0 Å². The van der Waals surface area contributed by atoms with Gasteiger partial charge < -0.3 is 9.73 Å². The third-order valence-corrected chi connectivity index (χ3v) is 2.12. The van der Waals surface area contributed by atoms with E-state index >= 15 is 0 Å². The van der Waals surface area contributed by atoms with E-state index in [0.717, 1.165) is 16.8 Å². The Bertz CT molecular complexity index is 417. The van der Waals surface area contributed by atoms with E-state index in [0.29, 0.717) is 6.54 Å². The van der Waals surface area contributed by atoms with Crippen LogP contribution in [0.5, 0.6) is 0 Å². The number of rotatable bonds is 3. The van der Waals surface area contributed by atoms with E-state index in [1.165, 1.54) is 12.1 Å². The van der Waals surface area contributed by atoms with Crippen LogP contribution in [0.25, 0.3) is 0 Å². The molecule has 0 spiro atoms. The van der Waals surface area contributed by atoms with Crippen LogP contribution < -0.4 is 5.32 Å². The Hall–Kier alpha value is -1.77. The van der Waals surface area contributed by atoms with Crippen LogP contribution in [0, 0.1) is 12.7 Å². The molecule has 2 rings (SSSR count). The van der Waals surface area contributed by atoms with Crippen LogP contribution in [0.15, 0.2) is 41.2 Å². The molecular weight excluding hydrogens is 193 g/mol. The van der Waals surface area contributed by atoms with Gasteiger partial charge in [0.25, 0.3) is 0 Å². The molecule has 0 saturated heterocycles. The molecule has 1 aromatic carbocycles. The number of benzene rings is 1. The van der Waals surface area contributed by atoms with Crippen LogP contribution in [0.1, 0.15) is 11.1 Å². The molecule has 0 unspecified atom stereocenters. The summed E-state index contributed by atoms with van der Waals surface area (Å²) in [5, 5.41) is 3.13. The third kappa shape index (κ3) is 2.59. The molecule has 0 aliphatic rings. The van der Waals surface area contributed by atoms with Gasteiger partial charge in [-0.3, -0.25) is 0 Å². The van der Waals surface area contributed by atoms with Crippen LogP contribution in [0.3, 0.4) is 0 Å². The standard InChI is InChI=1S/C12H12FNO/c1-9-4-11(13)6-12(5-9)14-7-10-2-3-15-8-10/h2-6,8,14H,7H2,1H3. The Labute approximate surface area is 87.7 Å². The van der Waals surface area contributed by atoms with E-state index in [2.05, 4.69) is 5.32 Å². The number of nitrogens with one attached hydrogen (secondary N) is 1. The van der Waals surface area contributed by atoms with Gasteiger partial charge in [-0.05, 0) is 36.8 Å². The summed E-state index contributed by atoms with van der Waals surface area (Å²) in [5.74, 6) is -0.218. The molecule has 1 N–H and O–H groups in total. The lowest BCUT2D eigenvalue weighted by atomic mass is 10.2. The van der Waals surface area contributed by atoms with Gasteiger partial charge in [0.05, 0.1) is 12.5 Å². The first-order chi connectivity index (χ1) is 7.24. The van der Waals surface area contributed by atoms with Crippen LogP contribution in [-0.4, -0.2) is 0 Å². The minimum Gasteiger partial charge on any atom is -0.472 e. The van der Waals surface area contributed by atoms with Crippen LogP contribution in [0.2, 0.25) is 0 Å². The van der Waals surface area contributed by atoms with Crippen molar-refractivity contribution in [1.29, 1.82) is 0 Å². The molecule has 3 heteroatoms. The van der Waals surface area contributed by atoms with Gasteiger partial charge in [-0.25, -0.2) is 4.39 Å². The zero-order valence-electron chi connectivity index (χ0n) is 8.46. The lowest BCUT2D eigenvalue weighted by molar-refractivity contribution is 0.564. The summed E-state index contributed by atoms with van der Waals surface area (Å²) in [4.78, 5) is 0. The quantitative estimate of drug-likeness (QED) is 0.831. The summed E-state index contributed by atoms with van der Waals surface area (Å²) in [6, 6.07) is 6.76. The first-order valence-corrected chi connectivity index (χ1v) is 4.76. The highest BCUT2D eigenvalue weighted by Crippen LogP contribution is 2.14. The molecule has 0 aliphatic heterocycles. The second kappa shape index (κ2) is 4.17. The predicted octanol–water partition coefficient (Wildman–Crippen LogP) is 3.34. The Morgan fingerprint density at radius 2 is 2.20 bits per heavy atom. The molecular formula is C12H12FNO. The Balaban J connectivity index is 2.05. The van der Waals surface area contributed by atoms with Crippen molar-refractivity contribution < 1.29 is 8.81 Å². The molecule has 2 nitrogen and oxygen atoms in total. The predicted molar refractivity (Wildman–Crippen MR) is 57.2 cm³/mol. The molecule has 0 saturated carbocycles. The Morgan fingerprint density at radius 1 is 1.33 bits per heavy atom. The van der Waals surface area contributed by atoms with Crippen molar-refractivity contribution in [2.45, 2.75) is 13.5 Å². The van der Waals surface area contributed by atoms with E-state index in [4.69, 9.17) is 4.42 Å². The molecule has 0 aliphatic carbocycles. The maximum Gasteiger partial charge on any atom is 0.125 e. The second-order valence-corrected chi connectivity index (χ2v) is 3.50. The minimum atomic E-state index is -0.218. The average molecular weight is 205 g/mol. The van der Waals surface area contributed by atoms with Crippen molar-refractivity contribution in [3.05, 3.63) is 53.7 Å². The topological polar surface area (TPSA) is 25.2 Å². The Morgan fingerprint density at radius 3 is 2.87 bits per heavy atom. The molecule has 0 radical (unpaired) electrons. The van der Waals surface area contributed by atoms with Crippen molar-refractivity contribution in [3.63, 3.8) is 0 Å². The number of furan rings is 1. The largest absolute Gasteiger partial charge is 0.472 e. The normalized spacial score (nSPS) is 10.3. The SMILES string of the molecule is Cc1cc(F)cc(NCc2ccoc2)c1. The van der Waals surface area contributed by atoms with E-state index in [1.807, 2.05) is 19.1 Å². The highest BCUT2D eigenvalue weighted by atomic mass is 19.1. The summed E-state index contributed by atoms with van der Waals surface area (Å²) >= 11 is 0. The van der Waals surface area contributed by atoms with Crippen molar-refractivity contribution in [2.75, 3.05) is 5.32 Å².